The van der Waals surface area contributed by atoms with Gasteiger partial charge >= 0.3 is 0 Å². The largest absolute Gasteiger partial charge is 0.343 e. The van der Waals surface area contributed by atoms with Crippen molar-refractivity contribution < 1.29 is 0 Å². The molecule has 0 fully saturated rings. The van der Waals surface area contributed by atoms with Crippen LogP contribution in [0.15, 0.2) is 164 Å². The van der Waals surface area contributed by atoms with Crippen molar-refractivity contribution in [1.29, 1.82) is 0 Å². The maximum Gasteiger partial charge on any atom is 0.0568 e. The molecule has 0 aliphatic heterocycles. The number of fused-ring (bicyclic) bond motifs is 5. The minimum atomic E-state index is 1.12. The molecular formula is C41H30N2. The lowest BCUT2D eigenvalue weighted by Gasteiger charge is -2.26. The van der Waals surface area contributed by atoms with Crippen molar-refractivity contribution >= 4 is 49.6 Å². The second-order valence-corrected chi connectivity index (χ2v) is 11.1. The van der Waals surface area contributed by atoms with E-state index in [1.165, 1.54) is 54.8 Å². The number of rotatable bonds is 5. The summed E-state index contributed by atoms with van der Waals surface area (Å²) in [6.07, 6.45) is 0. The van der Waals surface area contributed by atoms with Gasteiger partial charge in [-0.25, -0.2) is 0 Å². The Morgan fingerprint density at radius 1 is 0.442 bits per heavy atom. The van der Waals surface area contributed by atoms with Gasteiger partial charge in [-0.05, 0) is 69.9 Å². The predicted octanol–water partition coefficient (Wildman–Crippen LogP) is 11.3. The summed E-state index contributed by atoms with van der Waals surface area (Å²) in [5.41, 5.74) is 10.7. The fourth-order valence-corrected chi connectivity index (χ4v) is 6.55. The van der Waals surface area contributed by atoms with Crippen molar-refractivity contribution in [1.82, 2.24) is 4.57 Å². The first-order chi connectivity index (χ1) is 21.3. The van der Waals surface area contributed by atoms with Gasteiger partial charge in [0.25, 0.3) is 0 Å². The van der Waals surface area contributed by atoms with E-state index < -0.39 is 0 Å². The minimum absolute atomic E-state index is 1.12. The second-order valence-electron chi connectivity index (χ2n) is 11.1. The third-order valence-corrected chi connectivity index (χ3v) is 8.57. The molecule has 43 heavy (non-hydrogen) atoms. The van der Waals surface area contributed by atoms with E-state index in [0.717, 1.165) is 17.1 Å². The van der Waals surface area contributed by atoms with Crippen molar-refractivity contribution in [3.05, 3.63) is 164 Å². The fourth-order valence-electron chi connectivity index (χ4n) is 6.55. The molecule has 0 bridgehead atoms. The molecule has 0 saturated carbocycles. The van der Waals surface area contributed by atoms with Crippen LogP contribution in [-0.2, 0) is 7.05 Å². The molecule has 0 radical (unpaired) electrons. The van der Waals surface area contributed by atoms with Crippen LogP contribution in [0.1, 0.15) is 0 Å². The van der Waals surface area contributed by atoms with Crippen LogP contribution in [0.3, 0.4) is 0 Å². The quantitative estimate of drug-likeness (QED) is 0.207. The molecule has 2 nitrogen and oxygen atoms in total. The molecule has 8 aromatic rings. The Bertz CT molecular complexity index is 2230. The molecule has 0 amide bonds. The highest BCUT2D eigenvalue weighted by Crippen LogP contribution is 2.41. The number of hydrogen-bond donors (Lipinski definition) is 0. The van der Waals surface area contributed by atoms with Crippen LogP contribution >= 0.6 is 0 Å². The number of benzene rings is 7. The molecule has 0 unspecified atom stereocenters. The predicted molar refractivity (Wildman–Crippen MR) is 183 cm³/mol. The number of aromatic nitrogens is 1. The maximum absolute atomic E-state index is 2.35. The third kappa shape index (κ3) is 4.27. The van der Waals surface area contributed by atoms with Crippen LogP contribution in [0, 0.1) is 0 Å². The molecule has 0 N–H and O–H groups in total. The Kier molecular flexibility index (Phi) is 6.05. The summed E-state index contributed by atoms with van der Waals surface area (Å²) in [5.74, 6) is 0. The minimum Gasteiger partial charge on any atom is -0.343 e. The van der Waals surface area contributed by atoms with Crippen LogP contribution in [-0.4, -0.2) is 4.57 Å². The summed E-state index contributed by atoms with van der Waals surface area (Å²) in [6, 6.07) is 58.9. The van der Waals surface area contributed by atoms with Gasteiger partial charge in [-0.1, -0.05) is 121 Å². The lowest BCUT2D eigenvalue weighted by Crippen LogP contribution is -2.09. The van der Waals surface area contributed by atoms with Gasteiger partial charge in [-0.15, -0.1) is 0 Å². The number of para-hydroxylation sites is 2. The summed E-state index contributed by atoms with van der Waals surface area (Å²) in [6.45, 7) is 0. The highest BCUT2D eigenvalue weighted by Gasteiger charge is 2.17. The molecule has 0 aliphatic rings. The first-order valence-corrected chi connectivity index (χ1v) is 14.8. The van der Waals surface area contributed by atoms with Crippen LogP contribution in [0.25, 0.3) is 54.8 Å². The van der Waals surface area contributed by atoms with Gasteiger partial charge in [-0.2, -0.15) is 0 Å². The van der Waals surface area contributed by atoms with E-state index >= 15 is 0 Å². The topological polar surface area (TPSA) is 8.17 Å². The normalized spacial score (nSPS) is 11.4. The Labute approximate surface area is 251 Å². The van der Waals surface area contributed by atoms with Gasteiger partial charge in [0.2, 0.25) is 0 Å². The fraction of sp³-hybridized carbons (Fsp3) is 0.0244. The van der Waals surface area contributed by atoms with Crippen LogP contribution in [0.5, 0.6) is 0 Å². The number of hydrogen-bond acceptors (Lipinski definition) is 1. The second kappa shape index (κ2) is 10.3. The molecule has 1 heterocycles. The van der Waals surface area contributed by atoms with E-state index in [0.29, 0.717) is 0 Å². The molecule has 0 saturated heterocycles. The van der Waals surface area contributed by atoms with Gasteiger partial charge in [0.1, 0.15) is 0 Å². The number of nitrogens with zero attached hydrogens (tertiary/aromatic N) is 2. The molecule has 7 aromatic carbocycles. The summed E-state index contributed by atoms with van der Waals surface area (Å²) in [4.78, 5) is 2.33. The highest BCUT2D eigenvalue weighted by molar-refractivity contribution is 6.22. The zero-order valence-corrected chi connectivity index (χ0v) is 24.0. The van der Waals surface area contributed by atoms with Crippen LogP contribution in [0.4, 0.5) is 17.1 Å². The summed E-state index contributed by atoms with van der Waals surface area (Å²) >= 11 is 0. The summed E-state index contributed by atoms with van der Waals surface area (Å²) in [5, 5.41) is 5.19. The van der Waals surface area contributed by atoms with Gasteiger partial charge in [-0.3, -0.25) is 0 Å². The monoisotopic (exact) mass is 550 g/mol. The standard InChI is InChI=1S/C41H30N2/c1-42-39-27-24-30-14-8-9-19-36(30)40(39)38-21-11-20-37(41(38)42)31-22-25-34(26-23-31)43(33-16-6-3-7-17-33)35-18-10-15-32(28-35)29-12-4-2-5-13-29/h2-28H,1H3. The average Bonchev–Trinajstić information content (AvgIpc) is 3.38. The summed E-state index contributed by atoms with van der Waals surface area (Å²) in [7, 11) is 2.19. The van der Waals surface area contributed by atoms with Gasteiger partial charge < -0.3 is 9.47 Å². The Morgan fingerprint density at radius 3 is 1.88 bits per heavy atom. The smallest absolute Gasteiger partial charge is 0.0568 e. The van der Waals surface area contributed by atoms with Gasteiger partial charge in [0.15, 0.2) is 0 Å². The van der Waals surface area contributed by atoms with Crippen molar-refractivity contribution in [2.24, 2.45) is 7.05 Å². The van der Waals surface area contributed by atoms with E-state index in [2.05, 4.69) is 180 Å². The lowest BCUT2D eigenvalue weighted by atomic mass is 9.99. The van der Waals surface area contributed by atoms with E-state index in [1.54, 1.807) is 0 Å². The highest BCUT2D eigenvalue weighted by atomic mass is 15.1. The van der Waals surface area contributed by atoms with Crippen LogP contribution in [0.2, 0.25) is 0 Å². The molecule has 8 rings (SSSR count). The van der Waals surface area contributed by atoms with Gasteiger partial charge in [0.05, 0.1) is 5.52 Å². The maximum atomic E-state index is 2.35. The molecule has 0 atom stereocenters. The Balaban J connectivity index is 1.25. The van der Waals surface area contributed by atoms with Gasteiger partial charge in [0, 0.05) is 46.0 Å². The Morgan fingerprint density at radius 2 is 1.07 bits per heavy atom. The average molecular weight is 551 g/mol. The zero-order chi connectivity index (χ0) is 28.8. The Hall–Kier alpha value is -5.60. The number of anilines is 3. The first-order valence-electron chi connectivity index (χ1n) is 14.8. The SMILES string of the molecule is Cn1c2ccc3ccccc3c2c2cccc(-c3ccc(N(c4ccccc4)c4cccc(-c5ccccc5)c4)cc3)c21. The molecule has 0 spiro atoms. The number of aryl methyl sites for hydroxylation is 1. The van der Waals surface area contributed by atoms with E-state index in [9.17, 15) is 0 Å². The van der Waals surface area contributed by atoms with E-state index in [-0.39, 0.29) is 0 Å². The van der Waals surface area contributed by atoms with Crippen LogP contribution < -0.4 is 4.90 Å². The van der Waals surface area contributed by atoms with Crippen molar-refractivity contribution in [2.45, 2.75) is 0 Å². The molecule has 2 heteroatoms. The summed E-state index contributed by atoms with van der Waals surface area (Å²) < 4.78 is 2.35. The third-order valence-electron chi connectivity index (χ3n) is 8.57. The first kappa shape index (κ1) is 25.1. The zero-order valence-electron chi connectivity index (χ0n) is 24.0. The van der Waals surface area contributed by atoms with Crippen molar-refractivity contribution in [3.63, 3.8) is 0 Å². The molecular weight excluding hydrogens is 520 g/mol. The van der Waals surface area contributed by atoms with Crippen molar-refractivity contribution in [3.8, 4) is 22.3 Å². The molecule has 204 valence electrons. The van der Waals surface area contributed by atoms with E-state index in [4.69, 9.17) is 0 Å². The van der Waals surface area contributed by atoms with E-state index in [1.807, 2.05) is 0 Å². The van der Waals surface area contributed by atoms with Crippen molar-refractivity contribution in [2.75, 3.05) is 4.90 Å². The molecule has 1 aromatic heterocycles. The molecule has 0 aliphatic carbocycles. The lowest BCUT2D eigenvalue weighted by molar-refractivity contribution is 1.02.